The van der Waals surface area contributed by atoms with Gasteiger partial charge in [0.05, 0.1) is 4.92 Å². The molecule has 0 N–H and O–H groups in total. The number of hydrogen-bond acceptors (Lipinski definition) is 4. The molecule has 0 fully saturated rings. The van der Waals surface area contributed by atoms with E-state index in [2.05, 4.69) is 36.8 Å². The van der Waals surface area contributed by atoms with Crippen LogP contribution in [-0.4, -0.2) is 9.91 Å². The van der Waals surface area contributed by atoms with Crippen molar-refractivity contribution < 1.29 is 9.66 Å². The zero-order chi connectivity index (χ0) is 14.0. The van der Waals surface area contributed by atoms with Gasteiger partial charge in [0.2, 0.25) is 11.6 Å². The Morgan fingerprint density at radius 1 is 1.26 bits per heavy atom. The van der Waals surface area contributed by atoms with Gasteiger partial charge in [0, 0.05) is 26.8 Å². The van der Waals surface area contributed by atoms with Crippen molar-refractivity contribution in [2.24, 2.45) is 0 Å². The van der Waals surface area contributed by atoms with Gasteiger partial charge >= 0.3 is 5.69 Å². The molecule has 0 radical (unpaired) electrons. The van der Waals surface area contributed by atoms with Crippen molar-refractivity contribution in [1.29, 1.82) is 0 Å². The first-order valence-electron chi connectivity index (χ1n) is 5.21. The second-order valence-corrected chi connectivity index (χ2v) is 5.58. The van der Waals surface area contributed by atoms with E-state index in [0.29, 0.717) is 10.4 Å². The van der Waals surface area contributed by atoms with Crippen LogP contribution in [0.3, 0.4) is 0 Å². The third-order valence-corrected chi connectivity index (χ3v) is 3.25. The number of rotatable bonds is 3. The molecule has 19 heavy (non-hydrogen) atoms. The minimum Gasteiger partial charge on any atom is -0.432 e. The van der Waals surface area contributed by atoms with Crippen molar-refractivity contribution in [2.45, 2.75) is 6.92 Å². The SMILES string of the molecule is Cc1cc(Br)cnc1Oc1ccc(Br)cc1[N+](=O)[O-]. The van der Waals surface area contributed by atoms with E-state index in [-0.39, 0.29) is 11.4 Å². The molecule has 2 aromatic rings. The topological polar surface area (TPSA) is 65.3 Å². The van der Waals surface area contributed by atoms with E-state index < -0.39 is 4.92 Å². The summed E-state index contributed by atoms with van der Waals surface area (Å²) in [7, 11) is 0. The fourth-order valence-electron chi connectivity index (χ4n) is 1.46. The molecule has 0 bridgehead atoms. The molecule has 0 amide bonds. The smallest absolute Gasteiger partial charge is 0.312 e. The summed E-state index contributed by atoms with van der Waals surface area (Å²) in [5.41, 5.74) is 0.671. The fraction of sp³-hybridized carbons (Fsp3) is 0.0833. The van der Waals surface area contributed by atoms with Gasteiger partial charge in [-0.25, -0.2) is 4.98 Å². The molecule has 1 heterocycles. The quantitative estimate of drug-likeness (QED) is 0.569. The first-order chi connectivity index (χ1) is 8.97. The molecule has 0 atom stereocenters. The van der Waals surface area contributed by atoms with Crippen molar-refractivity contribution >= 4 is 37.5 Å². The Bertz CT molecular complexity index is 647. The van der Waals surface area contributed by atoms with Crippen molar-refractivity contribution in [3.05, 3.63) is 55.1 Å². The van der Waals surface area contributed by atoms with Crippen LogP contribution in [0, 0.1) is 17.0 Å². The number of hydrogen-bond donors (Lipinski definition) is 0. The van der Waals surface area contributed by atoms with E-state index in [1.165, 1.54) is 12.1 Å². The molecule has 98 valence electrons. The number of pyridine rings is 1. The molecule has 0 aliphatic heterocycles. The highest BCUT2D eigenvalue weighted by molar-refractivity contribution is 9.10. The highest BCUT2D eigenvalue weighted by atomic mass is 79.9. The van der Waals surface area contributed by atoms with Gasteiger partial charge in [0.25, 0.3) is 0 Å². The molecule has 0 saturated heterocycles. The summed E-state index contributed by atoms with van der Waals surface area (Å²) in [6, 6.07) is 6.43. The van der Waals surface area contributed by atoms with Crippen LogP contribution < -0.4 is 4.74 Å². The molecule has 5 nitrogen and oxygen atoms in total. The molecule has 0 saturated carbocycles. The van der Waals surface area contributed by atoms with Gasteiger partial charge in [-0.2, -0.15) is 0 Å². The predicted molar refractivity (Wildman–Crippen MR) is 77.5 cm³/mol. The number of benzene rings is 1. The predicted octanol–water partition coefficient (Wildman–Crippen LogP) is 4.62. The highest BCUT2D eigenvalue weighted by Crippen LogP contribution is 2.34. The molecule has 0 aliphatic rings. The minimum atomic E-state index is -0.492. The molecule has 1 aromatic carbocycles. The molecular weight excluding hydrogens is 380 g/mol. The maximum Gasteiger partial charge on any atom is 0.312 e. The van der Waals surface area contributed by atoms with Gasteiger partial charge in [-0.05, 0) is 41.1 Å². The highest BCUT2D eigenvalue weighted by Gasteiger charge is 2.17. The lowest BCUT2D eigenvalue weighted by Crippen LogP contribution is -1.96. The lowest BCUT2D eigenvalue weighted by molar-refractivity contribution is -0.385. The summed E-state index contributed by atoms with van der Waals surface area (Å²) in [5, 5.41) is 11.0. The number of ether oxygens (including phenoxy) is 1. The second-order valence-electron chi connectivity index (χ2n) is 3.75. The summed E-state index contributed by atoms with van der Waals surface area (Å²) in [5.74, 6) is 0.500. The van der Waals surface area contributed by atoms with Crippen molar-refractivity contribution in [3.63, 3.8) is 0 Å². The Morgan fingerprint density at radius 3 is 2.63 bits per heavy atom. The number of nitrogens with zero attached hydrogens (tertiary/aromatic N) is 2. The van der Waals surface area contributed by atoms with E-state index in [0.717, 1.165) is 10.0 Å². The number of halogens is 2. The van der Waals surface area contributed by atoms with Gasteiger partial charge in [0.1, 0.15) is 0 Å². The van der Waals surface area contributed by atoms with E-state index in [4.69, 9.17) is 4.74 Å². The summed E-state index contributed by atoms with van der Waals surface area (Å²) >= 11 is 6.49. The molecule has 0 aliphatic carbocycles. The monoisotopic (exact) mass is 386 g/mol. The van der Waals surface area contributed by atoms with Crippen molar-refractivity contribution in [3.8, 4) is 11.6 Å². The normalized spacial score (nSPS) is 10.3. The van der Waals surface area contributed by atoms with Gasteiger partial charge in [0.15, 0.2) is 0 Å². The third-order valence-electron chi connectivity index (χ3n) is 2.32. The van der Waals surface area contributed by atoms with Crippen LogP contribution in [0.15, 0.2) is 39.4 Å². The van der Waals surface area contributed by atoms with Crippen LogP contribution in [-0.2, 0) is 0 Å². The Balaban J connectivity index is 2.40. The van der Waals surface area contributed by atoms with Crippen LogP contribution >= 0.6 is 31.9 Å². The molecule has 1 aromatic heterocycles. The van der Waals surface area contributed by atoms with Crippen LogP contribution in [0.4, 0.5) is 5.69 Å². The summed E-state index contributed by atoms with van der Waals surface area (Å²) in [4.78, 5) is 14.6. The standard InChI is InChI=1S/C12H8Br2N2O3/c1-7-4-9(14)6-15-12(7)19-11-3-2-8(13)5-10(11)16(17)18/h2-6H,1H3. The van der Waals surface area contributed by atoms with Gasteiger partial charge in [-0.1, -0.05) is 15.9 Å². The first-order valence-corrected chi connectivity index (χ1v) is 6.80. The van der Waals surface area contributed by atoms with E-state index in [9.17, 15) is 10.1 Å². The minimum absolute atomic E-state index is 0.113. The first kappa shape index (κ1) is 14.0. The van der Waals surface area contributed by atoms with E-state index in [1.807, 2.05) is 13.0 Å². The third kappa shape index (κ3) is 3.30. The average molecular weight is 388 g/mol. The summed E-state index contributed by atoms with van der Waals surface area (Å²) in [6.07, 6.45) is 1.58. The summed E-state index contributed by atoms with van der Waals surface area (Å²) < 4.78 is 6.96. The Labute approximate surface area is 126 Å². The maximum absolute atomic E-state index is 11.0. The molecule has 2 rings (SSSR count). The maximum atomic E-state index is 11.0. The number of nitro groups is 1. The van der Waals surface area contributed by atoms with Gasteiger partial charge in [-0.3, -0.25) is 10.1 Å². The van der Waals surface area contributed by atoms with E-state index in [1.54, 1.807) is 12.3 Å². The van der Waals surface area contributed by atoms with Crippen LogP contribution in [0.1, 0.15) is 5.56 Å². The summed E-state index contributed by atoms with van der Waals surface area (Å²) in [6.45, 7) is 1.82. The largest absolute Gasteiger partial charge is 0.432 e. The zero-order valence-electron chi connectivity index (χ0n) is 9.76. The van der Waals surface area contributed by atoms with Gasteiger partial charge in [-0.15, -0.1) is 0 Å². The molecule has 7 heteroatoms. The number of nitro benzene ring substituents is 1. The number of aromatic nitrogens is 1. The van der Waals surface area contributed by atoms with Crippen molar-refractivity contribution in [2.75, 3.05) is 0 Å². The van der Waals surface area contributed by atoms with Crippen LogP contribution in [0.25, 0.3) is 0 Å². The lowest BCUT2D eigenvalue weighted by atomic mass is 10.3. The van der Waals surface area contributed by atoms with Crippen LogP contribution in [0.5, 0.6) is 11.6 Å². The van der Waals surface area contributed by atoms with Gasteiger partial charge < -0.3 is 4.74 Å². The Hall–Kier alpha value is -1.47. The molecule has 0 spiro atoms. The average Bonchev–Trinajstić information content (AvgIpc) is 2.34. The van der Waals surface area contributed by atoms with Crippen molar-refractivity contribution in [1.82, 2.24) is 4.98 Å². The zero-order valence-corrected chi connectivity index (χ0v) is 12.9. The molecule has 0 unspecified atom stereocenters. The lowest BCUT2D eigenvalue weighted by Gasteiger charge is -2.08. The Kier molecular flexibility index (Phi) is 4.16. The van der Waals surface area contributed by atoms with E-state index >= 15 is 0 Å². The second kappa shape index (κ2) is 5.66. The Morgan fingerprint density at radius 2 is 2.00 bits per heavy atom. The molecular formula is C12H8Br2N2O3. The fourth-order valence-corrected chi connectivity index (χ4v) is 2.25. The number of aryl methyl sites for hydroxylation is 1. The van der Waals surface area contributed by atoms with Crippen LogP contribution in [0.2, 0.25) is 0 Å².